The van der Waals surface area contributed by atoms with Gasteiger partial charge in [0, 0.05) is 0 Å². The molecule has 0 unspecified atom stereocenters. The molecular weight excluding hydrogens is 625 g/mol. The van der Waals surface area contributed by atoms with Gasteiger partial charge < -0.3 is 0 Å². The van der Waals surface area contributed by atoms with Gasteiger partial charge in [-0.3, -0.25) is 0 Å². The molecule has 0 heterocycles. The highest BCUT2D eigenvalue weighted by atomic mass is 14.1. The molecule has 0 heteroatoms. The Morgan fingerprint density at radius 3 is 0.827 bits per heavy atom. The highest BCUT2D eigenvalue weighted by Gasteiger charge is 2.04. The Kier molecular flexibility index (Phi) is 19.4. The van der Waals surface area contributed by atoms with Crippen LogP contribution in [-0.2, 0) is 25.7 Å². The summed E-state index contributed by atoms with van der Waals surface area (Å²) < 4.78 is 0. The molecule has 4 aromatic carbocycles. The zero-order valence-corrected chi connectivity index (χ0v) is 33.5. The number of benzene rings is 4. The van der Waals surface area contributed by atoms with Gasteiger partial charge in [-0.05, 0) is 107 Å². The average molecular weight is 695 g/mol. The van der Waals surface area contributed by atoms with Crippen molar-refractivity contribution in [2.75, 3.05) is 0 Å². The standard InChI is InChI=1S/C52H70/c1-5-9-13-17-21-45-37-46(22-18-14-10-6-2)40-49(39-45)27-25-43-29-33-51(34-30-43)52-35-31-44(32-36-52)26-28-50-41-47(23-19-15-11-7-3)38-48(42-50)24-20-16-12-8-4/h25-42H,5-24H2,1-4H3/b27-25+,28-26+. The Morgan fingerprint density at radius 1 is 0.288 bits per heavy atom. The van der Waals surface area contributed by atoms with Crippen LogP contribution in [0.1, 0.15) is 175 Å². The van der Waals surface area contributed by atoms with E-state index in [2.05, 4.69) is 137 Å². The molecule has 0 aliphatic rings. The second kappa shape index (κ2) is 24.6. The van der Waals surface area contributed by atoms with Crippen molar-refractivity contribution in [3.8, 4) is 11.1 Å². The lowest BCUT2D eigenvalue weighted by Crippen LogP contribution is -1.93. The fraction of sp³-hybridized carbons (Fsp3) is 0.462. The van der Waals surface area contributed by atoms with E-state index in [0.29, 0.717) is 0 Å². The van der Waals surface area contributed by atoms with E-state index in [1.807, 2.05) is 0 Å². The second-order valence-electron chi connectivity index (χ2n) is 15.3. The predicted octanol–water partition coefficient (Wildman–Crippen LogP) is 16.2. The first-order valence-corrected chi connectivity index (χ1v) is 21.4. The fourth-order valence-corrected chi connectivity index (χ4v) is 7.33. The van der Waals surface area contributed by atoms with E-state index in [-0.39, 0.29) is 0 Å². The van der Waals surface area contributed by atoms with Gasteiger partial charge in [-0.1, -0.05) is 214 Å². The summed E-state index contributed by atoms with van der Waals surface area (Å²) >= 11 is 0. The molecule has 0 amide bonds. The van der Waals surface area contributed by atoms with Crippen molar-refractivity contribution in [1.82, 2.24) is 0 Å². The van der Waals surface area contributed by atoms with E-state index in [1.165, 1.54) is 184 Å². The van der Waals surface area contributed by atoms with Crippen LogP contribution in [0.3, 0.4) is 0 Å². The summed E-state index contributed by atoms with van der Waals surface area (Å²) in [5.74, 6) is 0. The maximum absolute atomic E-state index is 2.48. The highest BCUT2D eigenvalue weighted by molar-refractivity contribution is 5.74. The van der Waals surface area contributed by atoms with Gasteiger partial charge >= 0.3 is 0 Å². The Bertz CT molecular complexity index is 1410. The summed E-state index contributed by atoms with van der Waals surface area (Å²) in [5, 5.41) is 0. The SMILES string of the molecule is CCCCCCc1cc(/C=C/c2ccc(-c3ccc(/C=C/c4cc(CCCCCC)cc(CCCCCC)c4)cc3)cc2)cc(CCCCCC)c1. The summed E-state index contributed by atoms with van der Waals surface area (Å²) in [6.07, 6.45) is 35.0. The first-order valence-electron chi connectivity index (χ1n) is 21.4. The molecule has 278 valence electrons. The minimum atomic E-state index is 1.19. The third-order valence-corrected chi connectivity index (χ3v) is 10.5. The highest BCUT2D eigenvalue weighted by Crippen LogP contribution is 2.24. The molecule has 0 saturated heterocycles. The molecule has 0 saturated carbocycles. The number of unbranched alkanes of at least 4 members (excludes halogenated alkanes) is 12. The molecule has 0 spiro atoms. The molecule has 0 N–H and O–H groups in total. The van der Waals surface area contributed by atoms with Gasteiger partial charge in [0.1, 0.15) is 0 Å². The monoisotopic (exact) mass is 695 g/mol. The van der Waals surface area contributed by atoms with Crippen LogP contribution in [0.5, 0.6) is 0 Å². The smallest absolute Gasteiger partial charge is 0.0184 e. The fourth-order valence-electron chi connectivity index (χ4n) is 7.33. The molecule has 0 aliphatic heterocycles. The molecule has 0 aliphatic carbocycles. The summed E-state index contributed by atoms with van der Waals surface area (Å²) in [6.45, 7) is 9.17. The summed E-state index contributed by atoms with van der Waals surface area (Å²) in [7, 11) is 0. The zero-order valence-electron chi connectivity index (χ0n) is 33.5. The topological polar surface area (TPSA) is 0 Å². The number of hydrogen-bond acceptors (Lipinski definition) is 0. The Labute approximate surface area is 319 Å². The zero-order chi connectivity index (χ0) is 36.6. The van der Waals surface area contributed by atoms with E-state index < -0.39 is 0 Å². The quantitative estimate of drug-likeness (QED) is 0.0478. The number of hydrogen-bond donors (Lipinski definition) is 0. The molecule has 4 aromatic rings. The number of rotatable bonds is 25. The van der Waals surface area contributed by atoms with Crippen molar-refractivity contribution in [2.24, 2.45) is 0 Å². The van der Waals surface area contributed by atoms with Gasteiger partial charge in [-0.2, -0.15) is 0 Å². The van der Waals surface area contributed by atoms with E-state index in [4.69, 9.17) is 0 Å². The first-order chi connectivity index (χ1) is 25.6. The maximum Gasteiger partial charge on any atom is -0.0184 e. The van der Waals surface area contributed by atoms with Crippen LogP contribution in [0.2, 0.25) is 0 Å². The third-order valence-electron chi connectivity index (χ3n) is 10.5. The molecule has 4 rings (SSSR count). The third kappa shape index (κ3) is 15.5. The molecule has 0 bridgehead atoms. The molecule has 0 nitrogen and oxygen atoms in total. The molecule has 0 radical (unpaired) electrons. The van der Waals surface area contributed by atoms with Gasteiger partial charge in [0.05, 0.1) is 0 Å². The van der Waals surface area contributed by atoms with Gasteiger partial charge in [0.2, 0.25) is 0 Å². The van der Waals surface area contributed by atoms with Crippen LogP contribution in [-0.4, -0.2) is 0 Å². The molecule has 0 fully saturated rings. The summed E-state index contributed by atoms with van der Waals surface area (Å²) in [6, 6.07) is 32.7. The van der Waals surface area contributed by atoms with Gasteiger partial charge in [0.15, 0.2) is 0 Å². The minimum Gasteiger partial charge on any atom is -0.0654 e. The van der Waals surface area contributed by atoms with Crippen LogP contribution in [0.15, 0.2) is 84.9 Å². The lowest BCUT2D eigenvalue weighted by atomic mass is 9.97. The van der Waals surface area contributed by atoms with Crippen molar-refractivity contribution >= 4 is 24.3 Å². The van der Waals surface area contributed by atoms with Crippen molar-refractivity contribution in [1.29, 1.82) is 0 Å². The summed E-state index contributed by atoms with van der Waals surface area (Å²) in [4.78, 5) is 0. The minimum absolute atomic E-state index is 1.19. The van der Waals surface area contributed by atoms with E-state index in [1.54, 1.807) is 0 Å². The maximum atomic E-state index is 2.48. The van der Waals surface area contributed by atoms with Gasteiger partial charge in [-0.15, -0.1) is 0 Å². The lowest BCUT2D eigenvalue weighted by Gasteiger charge is -2.09. The molecule has 0 atom stereocenters. The van der Waals surface area contributed by atoms with E-state index in [0.717, 1.165) is 0 Å². The van der Waals surface area contributed by atoms with Crippen LogP contribution in [0.4, 0.5) is 0 Å². The van der Waals surface area contributed by atoms with Crippen LogP contribution in [0, 0.1) is 0 Å². The van der Waals surface area contributed by atoms with Crippen molar-refractivity contribution in [3.63, 3.8) is 0 Å². The summed E-state index contributed by atoms with van der Waals surface area (Å²) in [5.41, 5.74) is 13.7. The van der Waals surface area contributed by atoms with Crippen molar-refractivity contribution < 1.29 is 0 Å². The molecule has 52 heavy (non-hydrogen) atoms. The van der Waals surface area contributed by atoms with Crippen LogP contribution in [0.25, 0.3) is 35.4 Å². The van der Waals surface area contributed by atoms with Crippen LogP contribution >= 0.6 is 0 Å². The first kappa shape index (κ1) is 41.1. The van der Waals surface area contributed by atoms with E-state index in [9.17, 15) is 0 Å². The van der Waals surface area contributed by atoms with Crippen molar-refractivity contribution in [3.05, 3.63) is 129 Å². The average Bonchev–Trinajstić information content (AvgIpc) is 3.17. The Hall–Kier alpha value is -3.64. The lowest BCUT2D eigenvalue weighted by molar-refractivity contribution is 0.661. The van der Waals surface area contributed by atoms with Gasteiger partial charge in [0.25, 0.3) is 0 Å². The second-order valence-corrected chi connectivity index (χ2v) is 15.3. The van der Waals surface area contributed by atoms with E-state index >= 15 is 0 Å². The number of aryl methyl sites for hydroxylation is 4. The van der Waals surface area contributed by atoms with Crippen LogP contribution < -0.4 is 0 Å². The normalized spacial score (nSPS) is 11.7. The predicted molar refractivity (Wildman–Crippen MR) is 234 cm³/mol. The molecule has 0 aromatic heterocycles. The largest absolute Gasteiger partial charge is 0.0654 e. The molecular formula is C52H70. The Morgan fingerprint density at radius 2 is 0.558 bits per heavy atom. The van der Waals surface area contributed by atoms with Gasteiger partial charge in [-0.25, -0.2) is 0 Å². The van der Waals surface area contributed by atoms with Crippen molar-refractivity contribution in [2.45, 2.75) is 156 Å². The Balaban J connectivity index is 1.39.